The van der Waals surface area contributed by atoms with E-state index in [9.17, 15) is 10.1 Å². The summed E-state index contributed by atoms with van der Waals surface area (Å²) in [5, 5.41) is 13.2. The second-order valence-corrected chi connectivity index (χ2v) is 3.56. The molecule has 0 saturated carbocycles. The number of nitrogens with zero attached hydrogens (tertiary/aromatic N) is 2. The minimum atomic E-state index is -0.844. The molecule has 8 nitrogen and oxygen atoms in total. The van der Waals surface area contributed by atoms with Gasteiger partial charge in [0.25, 0.3) is 5.09 Å². The van der Waals surface area contributed by atoms with Crippen molar-refractivity contribution in [2.24, 2.45) is 5.16 Å². The number of rotatable bonds is 5. The van der Waals surface area contributed by atoms with Crippen molar-refractivity contribution in [1.82, 2.24) is 0 Å². The van der Waals surface area contributed by atoms with Crippen molar-refractivity contribution in [3.63, 3.8) is 0 Å². The van der Waals surface area contributed by atoms with Gasteiger partial charge in [0.1, 0.15) is 24.5 Å². The third kappa shape index (κ3) is 2.53. The van der Waals surface area contributed by atoms with Crippen LogP contribution in [0, 0.1) is 10.1 Å². The number of oxime groups is 1. The molecule has 2 fully saturated rings. The van der Waals surface area contributed by atoms with Gasteiger partial charge in [-0.25, -0.2) is 0 Å². The zero-order chi connectivity index (χ0) is 12.3. The molecule has 2 saturated heterocycles. The fourth-order valence-corrected chi connectivity index (χ4v) is 1.78. The van der Waals surface area contributed by atoms with Crippen LogP contribution in [0.5, 0.6) is 0 Å². The highest BCUT2D eigenvalue weighted by Gasteiger charge is 2.48. The predicted octanol–water partition coefficient (Wildman–Crippen LogP) is -0.0805. The lowest BCUT2D eigenvalue weighted by molar-refractivity contribution is -0.769. The third-order valence-electron chi connectivity index (χ3n) is 2.45. The lowest BCUT2D eigenvalue weighted by Crippen LogP contribution is -2.33. The van der Waals surface area contributed by atoms with Gasteiger partial charge >= 0.3 is 0 Å². The van der Waals surface area contributed by atoms with Crippen molar-refractivity contribution in [2.75, 3.05) is 19.8 Å². The molecule has 0 radical (unpaired) electrons. The monoisotopic (exact) mass is 244 g/mol. The predicted molar refractivity (Wildman–Crippen MR) is 54.9 cm³/mol. The highest BCUT2D eigenvalue weighted by Crippen LogP contribution is 2.27. The first-order valence-electron chi connectivity index (χ1n) is 5.06. The molecule has 0 amide bonds. The molecule has 0 aromatic heterocycles. The second-order valence-electron chi connectivity index (χ2n) is 3.56. The summed E-state index contributed by atoms with van der Waals surface area (Å²) < 4.78 is 10.7. The average Bonchev–Trinajstić information content (AvgIpc) is 2.83. The first-order valence-corrected chi connectivity index (χ1v) is 5.06. The first-order chi connectivity index (χ1) is 8.22. The van der Waals surface area contributed by atoms with Crippen LogP contribution in [-0.2, 0) is 19.1 Å². The van der Waals surface area contributed by atoms with Crippen LogP contribution in [0.1, 0.15) is 0 Å². The summed E-state index contributed by atoms with van der Waals surface area (Å²) >= 11 is 0. The van der Waals surface area contributed by atoms with Crippen molar-refractivity contribution in [3.05, 3.63) is 22.8 Å². The van der Waals surface area contributed by atoms with Gasteiger partial charge in [-0.05, 0) is 0 Å². The van der Waals surface area contributed by atoms with Gasteiger partial charge in [0.2, 0.25) is 0 Å². The second kappa shape index (κ2) is 5.11. The molecule has 0 spiro atoms. The molecular weight excluding hydrogens is 232 g/mol. The van der Waals surface area contributed by atoms with E-state index in [1.165, 1.54) is 0 Å². The Bertz CT molecular complexity index is 344. The Kier molecular flexibility index (Phi) is 3.55. The van der Waals surface area contributed by atoms with Gasteiger partial charge in [-0.1, -0.05) is 17.8 Å². The van der Waals surface area contributed by atoms with Crippen LogP contribution in [0.4, 0.5) is 0 Å². The number of fused-ring (bicyclic) bond motifs is 1. The van der Waals surface area contributed by atoms with E-state index in [1.807, 2.05) is 0 Å². The normalized spacial score (nSPS) is 33.4. The minimum Gasteiger partial charge on any atom is -0.391 e. The molecule has 8 heteroatoms. The summed E-state index contributed by atoms with van der Waals surface area (Å²) in [5.74, 6) is 0. The smallest absolute Gasteiger partial charge is 0.294 e. The van der Waals surface area contributed by atoms with Gasteiger partial charge in [0.05, 0.1) is 13.2 Å². The fourth-order valence-electron chi connectivity index (χ4n) is 1.78. The molecule has 2 aliphatic rings. The lowest BCUT2D eigenvalue weighted by atomic mass is 10.1. The molecule has 2 heterocycles. The van der Waals surface area contributed by atoms with Crippen molar-refractivity contribution in [3.8, 4) is 0 Å². The molecule has 94 valence electrons. The van der Waals surface area contributed by atoms with Crippen LogP contribution >= 0.6 is 0 Å². The Morgan fingerprint density at radius 3 is 3.18 bits per heavy atom. The highest BCUT2D eigenvalue weighted by molar-refractivity contribution is 5.92. The van der Waals surface area contributed by atoms with Gasteiger partial charge in [-0.3, -0.25) is 0 Å². The van der Waals surface area contributed by atoms with Crippen molar-refractivity contribution in [2.45, 2.75) is 18.3 Å². The van der Waals surface area contributed by atoms with E-state index in [-0.39, 0.29) is 19.8 Å². The minimum absolute atomic E-state index is 0.108. The maximum Gasteiger partial charge on any atom is 0.294 e. The summed E-state index contributed by atoms with van der Waals surface area (Å²) in [4.78, 5) is 19.6. The van der Waals surface area contributed by atoms with E-state index in [4.69, 9.17) is 14.3 Å². The summed E-state index contributed by atoms with van der Waals surface area (Å²) in [6.45, 7) is 4.11. The van der Waals surface area contributed by atoms with E-state index in [1.54, 1.807) is 6.08 Å². The molecular formula is C9H12N2O6. The van der Waals surface area contributed by atoms with Gasteiger partial charge in [-0.2, -0.15) is 0 Å². The lowest BCUT2D eigenvalue weighted by Gasteiger charge is -2.12. The summed E-state index contributed by atoms with van der Waals surface area (Å²) in [6.07, 6.45) is -0.0655. The largest absolute Gasteiger partial charge is 0.391 e. The summed E-state index contributed by atoms with van der Waals surface area (Å²) in [5.41, 5.74) is 0.575. The van der Waals surface area contributed by atoms with Gasteiger partial charge < -0.3 is 19.1 Å². The van der Waals surface area contributed by atoms with Crippen LogP contribution in [0.25, 0.3) is 0 Å². The quantitative estimate of drug-likeness (QED) is 0.290. The van der Waals surface area contributed by atoms with Crippen LogP contribution < -0.4 is 0 Å². The Balaban J connectivity index is 1.94. The van der Waals surface area contributed by atoms with E-state index in [0.717, 1.165) is 0 Å². The standard InChI is InChI=1S/C9H12N2O6/c1-2-3-16-10-6-4-14-9-7(17-11(12)13)5-15-8(6)9/h2,7-9H,1,3-5H2. The van der Waals surface area contributed by atoms with Crippen LogP contribution in [0.3, 0.4) is 0 Å². The topological polar surface area (TPSA) is 92.4 Å². The molecule has 0 aromatic rings. The van der Waals surface area contributed by atoms with Crippen LogP contribution in [0.15, 0.2) is 17.8 Å². The molecule has 3 unspecified atom stereocenters. The highest BCUT2D eigenvalue weighted by atomic mass is 17.0. The molecule has 0 bridgehead atoms. The van der Waals surface area contributed by atoms with E-state index < -0.39 is 23.4 Å². The molecule has 2 rings (SSSR count). The maximum absolute atomic E-state index is 10.2. The molecule has 0 aromatic carbocycles. The van der Waals surface area contributed by atoms with Gasteiger partial charge in [0, 0.05) is 0 Å². The van der Waals surface area contributed by atoms with E-state index >= 15 is 0 Å². The molecule has 17 heavy (non-hydrogen) atoms. The SMILES string of the molecule is C=CCON=C1COC2C(O[N+](=O)[O-])COC12. The molecule has 0 N–H and O–H groups in total. The zero-order valence-electron chi connectivity index (χ0n) is 8.98. The van der Waals surface area contributed by atoms with Gasteiger partial charge in [0.15, 0.2) is 6.10 Å². The van der Waals surface area contributed by atoms with Crippen LogP contribution in [0.2, 0.25) is 0 Å². The van der Waals surface area contributed by atoms with Crippen molar-refractivity contribution < 1.29 is 24.2 Å². The Morgan fingerprint density at radius 1 is 1.65 bits per heavy atom. The number of hydrogen-bond acceptors (Lipinski definition) is 7. The van der Waals surface area contributed by atoms with Crippen LogP contribution in [-0.4, -0.2) is 48.9 Å². The molecule has 3 atom stereocenters. The van der Waals surface area contributed by atoms with Crippen molar-refractivity contribution >= 4 is 5.71 Å². The zero-order valence-corrected chi connectivity index (χ0v) is 8.98. The Hall–Kier alpha value is -1.67. The third-order valence-corrected chi connectivity index (χ3v) is 2.45. The number of ether oxygens (including phenoxy) is 2. The van der Waals surface area contributed by atoms with Crippen molar-refractivity contribution in [1.29, 1.82) is 0 Å². The number of hydrogen-bond donors (Lipinski definition) is 0. The van der Waals surface area contributed by atoms with E-state index in [2.05, 4.69) is 16.6 Å². The molecule has 0 aliphatic carbocycles. The first kappa shape index (κ1) is 11.8. The van der Waals surface area contributed by atoms with E-state index in [0.29, 0.717) is 5.71 Å². The maximum atomic E-state index is 10.2. The summed E-state index contributed by atoms with van der Waals surface area (Å²) in [7, 11) is 0. The van der Waals surface area contributed by atoms with Gasteiger partial charge in [-0.15, -0.1) is 10.1 Å². The summed E-state index contributed by atoms with van der Waals surface area (Å²) in [6, 6.07) is 0. The average molecular weight is 244 g/mol. The Labute approximate surface area is 96.9 Å². The molecule has 2 aliphatic heterocycles. The fraction of sp³-hybridized carbons (Fsp3) is 0.667. The Morgan fingerprint density at radius 2 is 2.47 bits per heavy atom.